The van der Waals surface area contributed by atoms with Gasteiger partial charge in [-0.1, -0.05) is 35.9 Å². The van der Waals surface area contributed by atoms with Crippen molar-refractivity contribution in [3.63, 3.8) is 0 Å². The SMILES string of the molecule is Cc1sc2c(c1C)C(c1ccc(CCCN(C)C(=O)c3ccc(C(=O)NC4CCC(Oc5ccc(C#N)c(Cl)c5)CC4)nn3)cc1)=N[C@@H](Cc1ncco1)c1nnc(C)n1-2. The molecule has 2 aliphatic rings. The lowest BCUT2D eigenvalue weighted by molar-refractivity contribution is 0.0784. The van der Waals surface area contributed by atoms with Crippen molar-refractivity contribution in [1.29, 1.82) is 5.26 Å². The summed E-state index contributed by atoms with van der Waals surface area (Å²) in [6.07, 6.45) is 8.14. The fourth-order valence-electron chi connectivity index (χ4n) is 7.69. The molecular weight excluding hydrogens is 800 g/mol. The number of nitriles is 1. The first-order chi connectivity index (χ1) is 29.1. The van der Waals surface area contributed by atoms with Crippen LogP contribution in [0, 0.1) is 32.1 Å². The van der Waals surface area contributed by atoms with E-state index in [0.717, 1.165) is 77.6 Å². The van der Waals surface area contributed by atoms with Crippen LogP contribution in [-0.2, 0) is 12.8 Å². The molecule has 6 aromatic rings. The first kappa shape index (κ1) is 40.5. The van der Waals surface area contributed by atoms with Crippen LogP contribution in [0.4, 0.5) is 0 Å². The lowest BCUT2D eigenvalue weighted by Crippen LogP contribution is -2.40. The standard InChI is InChI=1S/C44H43ClN10O4S/c1-25-26(2)60-44-39(25)40(49-37(23-38-47-19-21-58-38)41-53-50-27(3)55(41)44)29-9-7-28(8-10-29)6-5-20-54(4)43(57)36-18-17-35(51-52-36)42(56)48-31-12-15-32(16-13-31)59-33-14-11-30(24-46)34(45)22-33/h7-11,14,17-19,21-22,31-32,37H,5-6,12-13,15-16,20,23H2,1-4H3,(H,48,56)/t31?,32?,37-/m0/s1. The van der Waals surface area contributed by atoms with Gasteiger partial charge in [-0.25, -0.2) is 4.98 Å². The van der Waals surface area contributed by atoms with E-state index in [-0.39, 0.29) is 41.4 Å². The van der Waals surface area contributed by atoms with Crippen molar-refractivity contribution in [3.8, 4) is 16.8 Å². The number of carbonyl (C=O) groups excluding carboxylic acids is 2. The smallest absolute Gasteiger partial charge is 0.274 e. The molecule has 8 rings (SSSR count). The molecule has 1 atom stereocenters. The van der Waals surface area contributed by atoms with Crippen LogP contribution in [0.5, 0.6) is 5.75 Å². The molecular formula is C44H43ClN10O4S. The van der Waals surface area contributed by atoms with Crippen molar-refractivity contribution in [2.45, 2.75) is 83.9 Å². The predicted molar refractivity (Wildman–Crippen MR) is 226 cm³/mol. The third-order valence-electron chi connectivity index (χ3n) is 11.1. The summed E-state index contributed by atoms with van der Waals surface area (Å²) in [6, 6.07) is 18.3. The summed E-state index contributed by atoms with van der Waals surface area (Å²) in [5.41, 5.74) is 6.04. The average Bonchev–Trinajstić information content (AvgIpc) is 3.97. The summed E-state index contributed by atoms with van der Waals surface area (Å²) in [4.78, 5) is 38.8. The maximum atomic E-state index is 13.2. The second-order valence-corrected chi connectivity index (χ2v) is 16.8. The minimum atomic E-state index is -0.342. The van der Waals surface area contributed by atoms with E-state index in [2.05, 4.69) is 73.4 Å². The van der Waals surface area contributed by atoms with E-state index in [9.17, 15) is 9.59 Å². The van der Waals surface area contributed by atoms with E-state index in [1.165, 1.54) is 16.5 Å². The molecule has 0 unspecified atom stereocenters. The van der Waals surface area contributed by atoms with Gasteiger partial charge in [-0.15, -0.1) is 31.7 Å². The van der Waals surface area contributed by atoms with Crippen molar-refractivity contribution in [3.05, 3.63) is 134 Å². The number of thiophene rings is 1. The Kier molecular flexibility index (Phi) is 11.9. The number of ether oxygens (including phenoxy) is 1. The van der Waals surface area contributed by atoms with Crippen LogP contribution in [0.2, 0.25) is 5.02 Å². The van der Waals surface area contributed by atoms with Crippen LogP contribution in [0.1, 0.15) is 109 Å². The third-order valence-corrected chi connectivity index (χ3v) is 12.6. The van der Waals surface area contributed by atoms with Crippen LogP contribution in [-0.4, -0.2) is 78.1 Å². The number of aromatic nitrogens is 6. The molecule has 16 heteroatoms. The number of rotatable bonds is 12. The van der Waals surface area contributed by atoms with Gasteiger partial charge in [0.1, 0.15) is 34.9 Å². The number of nitrogens with one attached hydrogen (secondary N) is 1. The summed E-state index contributed by atoms with van der Waals surface area (Å²) < 4.78 is 13.8. The van der Waals surface area contributed by atoms with E-state index < -0.39 is 0 Å². The zero-order valence-corrected chi connectivity index (χ0v) is 35.3. The number of benzene rings is 2. The van der Waals surface area contributed by atoms with Gasteiger partial charge in [0.15, 0.2) is 23.1 Å². The predicted octanol–water partition coefficient (Wildman–Crippen LogP) is 7.52. The molecule has 1 aliphatic carbocycles. The molecule has 14 nitrogen and oxygen atoms in total. The number of aryl methyl sites for hydroxylation is 3. The first-order valence-corrected chi connectivity index (χ1v) is 21.1. The van der Waals surface area contributed by atoms with Gasteiger partial charge in [0, 0.05) is 41.7 Å². The van der Waals surface area contributed by atoms with Crippen LogP contribution in [0.15, 0.2) is 76.5 Å². The molecule has 1 N–H and O–H groups in total. The van der Waals surface area contributed by atoms with Gasteiger partial charge in [0.2, 0.25) is 0 Å². The normalized spacial score (nSPS) is 17.1. The fraction of sp³-hybridized carbons (Fsp3) is 0.341. The summed E-state index contributed by atoms with van der Waals surface area (Å²) in [5, 5.41) is 30.7. The number of carbonyl (C=O) groups is 2. The third kappa shape index (κ3) is 8.57. The number of amides is 2. The Labute approximate surface area is 356 Å². The second kappa shape index (κ2) is 17.5. The number of hydrogen-bond acceptors (Lipinski definition) is 12. The molecule has 1 saturated carbocycles. The van der Waals surface area contributed by atoms with Gasteiger partial charge < -0.3 is 19.4 Å². The van der Waals surface area contributed by atoms with Gasteiger partial charge in [-0.3, -0.25) is 19.1 Å². The summed E-state index contributed by atoms with van der Waals surface area (Å²) in [7, 11) is 1.74. The van der Waals surface area contributed by atoms with Crippen molar-refractivity contribution >= 4 is 40.5 Å². The monoisotopic (exact) mass is 842 g/mol. The molecule has 1 fully saturated rings. The largest absolute Gasteiger partial charge is 0.490 e. The van der Waals surface area contributed by atoms with Crippen molar-refractivity contribution < 1.29 is 18.7 Å². The Hall–Kier alpha value is -6.24. The highest BCUT2D eigenvalue weighted by Crippen LogP contribution is 2.39. The highest BCUT2D eigenvalue weighted by Gasteiger charge is 2.32. The van der Waals surface area contributed by atoms with Gasteiger partial charge in [0.25, 0.3) is 11.8 Å². The minimum Gasteiger partial charge on any atom is -0.490 e. The van der Waals surface area contributed by atoms with Crippen molar-refractivity contribution in [2.24, 2.45) is 4.99 Å². The average molecular weight is 843 g/mol. The Bertz CT molecular complexity index is 2590. The van der Waals surface area contributed by atoms with Gasteiger partial charge >= 0.3 is 0 Å². The molecule has 2 amide bonds. The van der Waals surface area contributed by atoms with Crippen LogP contribution >= 0.6 is 22.9 Å². The number of halogens is 1. The van der Waals surface area contributed by atoms with Crippen molar-refractivity contribution in [2.75, 3.05) is 13.6 Å². The molecule has 1 aliphatic heterocycles. The molecule has 306 valence electrons. The van der Waals surface area contributed by atoms with Gasteiger partial charge in [0.05, 0.1) is 35.0 Å². The quantitative estimate of drug-likeness (QED) is 0.130. The Morgan fingerprint density at radius 3 is 2.48 bits per heavy atom. The molecule has 0 spiro atoms. The minimum absolute atomic E-state index is 0.0122. The van der Waals surface area contributed by atoms with E-state index in [0.29, 0.717) is 35.2 Å². The molecule has 0 saturated heterocycles. The number of fused-ring (bicyclic) bond motifs is 3. The van der Waals surface area contributed by atoms with Crippen LogP contribution < -0.4 is 10.1 Å². The first-order valence-electron chi connectivity index (χ1n) is 19.9. The van der Waals surface area contributed by atoms with E-state index in [1.807, 2.05) is 13.0 Å². The number of nitrogens with zero attached hydrogens (tertiary/aromatic N) is 9. The Morgan fingerprint density at radius 1 is 1.02 bits per heavy atom. The molecule has 0 radical (unpaired) electrons. The second-order valence-electron chi connectivity index (χ2n) is 15.2. The zero-order valence-electron chi connectivity index (χ0n) is 33.7. The highest BCUT2D eigenvalue weighted by atomic mass is 35.5. The number of oxazole rings is 1. The van der Waals surface area contributed by atoms with Gasteiger partial charge in [-0.05, 0) is 94.7 Å². The maximum absolute atomic E-state index is 13.2. The Morgan fingerprint density at radius 2 is 1.78 bits per heavy atom. The summed E-state index contributed by atoms with van der Waals surface area (Å²) in [6.45, 7) is 6.75. The fourth-order valence-corrected chi connectivity index (χ4v) is 9.12. The van der Waals surface area contributed by atoms with E-state index >= 15 is 0 Å². The maximum Gasteiger partial charge on any atom is 0.274 e. The van der Waals surface area contributed by atoms with Crippen LogP contribution in [0.25, 0.3) is 5.00 Å². The summed E-state index contributed by atoms with van der Waals surface area (Å²) >= 11 is 7.86. The molecule has 2 aromatic carbocycles. The summed E-state index contributed by atoms with van der Waals surface area (Å²) in [5.74, 6) is 2.18. The van der Waals surface area contributed by atoms with Crippen LogP contribution in [0.3, 0.4) is 0 Å². The lowest BCUT2D eigenvalue weighted by Gasteiger charge is -2.29. The zero-order chi connectivity index (χ0) is 41.9. The molecule has 60 heavy (non-hydrogen) atoms. The van der Waals surface area contributed by atoms with E-state index in [4.69, 9.17) is 31.0 Å². The molecule has 5 heterocycles. The van der Waals surface area contributed by atoms with Crippen molar-refractivity contribution in [1.82, 2.24) is 40.2 Å². The highest BCUT2D eigenvalue weighted by molar-refractivity contribution is 7.15. The van der Waals surface area contributed by atoms with E-state index in [1.54, 1.807) is 60.0 Å². The number of aliphatic imine (C=N–C) groups is 1. The van der Waals surface area contributed by atoms with Gasteiger partial charge in [-0.2, -0.15) is 5.26 Å². The molecule has 4 aromatic heterocycles. The molecule has 0 bridgehead atoms. The Balaban J connectivity index is 0.842. The topological polar surface area (TPSA) is 177 Å². The number of hydrogen-bond donors (Lipinski definition) is 1. The lowest BCUT2D eigenvalue weighted by atomic mass is 9.93.